The van der Waals surface area contributed by atoms with Gasteiger partial charge < -0.3 is 4.90 Å². The quantitative estimate of drug-likeness (QED) is 0.677. The largest absolute Gasteiger partial charge is 0.323 e. The van der Waals surface area contributed by atoms with Crippen molar-refractivity contribution in [1.29, 1.82) is 0 Å². The van der Waals surface area contributed by atoms with Crippen molar-refractivity contribution in [1.82, 2.24) is 10.2 Å². The van der Waals surface area contributed by atoms with Crippen molar-refractivity contribution >= 4 is 5.91 Å². The van der Waals surface area contributed by atoms with Gasteiger partial charge in [0.05, 0.1) is 12.7 Å². The molecular weight excluding hydrogens is 200 g/mol. The minimum absolute atomic E-state index is 0.272. The lowest BCUT2D eigenvalue weighted by Crippen LogP contribution is -2.42. The van der Waals surface area contributed by atoms with E-state index in [1.165, 1.54) is 25.7 Å². The minimum atomic E-state index is 0.272. The summed E-state index contributed by atoms with van der Waals surface area (Å²) in [5.74, 6) is 0.273. The number of unbranched alkanes of at least 4 members (excludes halogenated alkanes) is 3. The molecule has 1 aliphatic heterocycles. The fourth-order valence-electron chi connectivity index (χ4n) is 2.47. The van der Waals surface area contributed by atoms with Crippen LogP contribution >= 0.6 is 0 Å². The Bertz CT molecular complexity index is 218. The number of rotatable bonds is 7. The summed E-state index contributed by atoms with van der Waals surface area (Å²) in [4.78, 5) is 13.8. The van der Waals surface area contributed by atoms with Crippen LogP contribution in [-0.4, -0.2) is 29.6 Å². The third-order valence-electron chi connectivity index (χ3n) is 3.45. The predicted octanol–water partition coefficient (Wildman–Crippen LogP) is 2.51. The van der Waals surface area contributed by atoms with Crippen LogP contribution in [0.5, 0.6) is 0 Å². The molecule has 94 valence electrons. The van der Waals surface area contributed by atoms with Crippen LogP contribution in [0.2, 0.25) is 0 Å². The lowest BCUT2D eigenvalue weighted by atomic mass is 10.1. The molecule has 1 heterocycles. The molecule has 0 radical (unpaired) electrons. The van der Waals surface area contributed by atoms with Gasteiger partial charge in [0, 0.05) is 6.04 Å². The summed E-state index contributed by atoms with van der Waals surface area (Å²) in [7, 11) is 0. The summed E-state index contributed by atoms with van der Waals surface area (Å²) in [6, 6.07) is 0.393. The van der Waals surface area contributed by atoms with Gasteiger partial charge in [0.15, 0.2) is 0 Å². The van der Waals surface area contributed by atoms with E-state index in [2.05, 4.69) is 26.1 Å². The number of nitrogens with zero attached hydrogens (tertiary/aromatic N) is 1. The van der Waals surface area contributed by atoms with Crippen molar-refractivity contribution in [3.63, 3.8) is 0 Å². The summed E-state index contributed by atoms with van der Waals surface area (Å²) in [5, 5.41) is 3.26. The highest BCUT2D eigenvalue weighted by atomic mass is 16.2. The number of carbonyl (C=O) groups excluding carboxylic acids is 1. The Balaban J connectivity index is 2.33. The van der Waals surface area contributed by atoms with E-state index >= 15 is 0 Å². The van der Waals surface area contributed by atoms with Gasteiger partial charge in [-0.15, -0.1) is 0 Å². The third-order valence-corrected chi connectivity index (χ3v) is 3.45. The monoisotopic (exact) mass is 226 g/mol. The molecule has 1 amide bonds. The predicted molar refractivity (Wildman–Crippen MR) is 67.1 cm³/mol. The molecule has 0 aliphatic carbocycles. The van der Waals surface area contributed by atoms with Crippen molar-refractivity contribution < 1.29 is 4.79 Å². The second-order valence-corrected chi connectivity index (χ2v) is 4.80. The third kappa shape index (κ3) is 3.48. The first-order valence-corrected chi connectivity index (χ1v) is 6.75. The molecule has 1 fully saturated rings. The van der Waals surface area contributed by atoms with Crippen molar-refractivity contribution in [2.24, 2.45) is 0 Å². The smallest absolute Gasteiger partial charge is 0.238 e. The lowest BCUT2D eigenvalue weighted by molar-refractivity contribution is -0.130. The zero-order valence-electron chi connectivity index (χ0n) is 11.0. The van der Waals surface area contributed by atoms with E-state index in [9.17, 15) is 4.79 Å². The van der Waals surface area contributed by atoms with Gasteiger partial charge in [0.2, 0.25) is 5.91 Å². The molecular formula is C13H26N2O. The average Bonchev–Trinajstić information content (AvgIpc) is 2.65. The van der Waals surface area contributed by atoms with Crippen molar-refractivity contribution in [3.8, 4) is 0 Å². The zero-order valence-corrected chi connectivity index (χ0v) is 11.0. The number of hydrogen-bond donors (Lipinski definition) is 1. The first kappa shape index (κ1) is 13.5. The minimum Gasteiger partial charge on any atom is -0.323 e. The molecule has 0 aromatic rings. The van der Waals surface area contributed by atoms with Gasteiger partial charge in [0.25, 0.3) is 0 Å². The number of hydrogen-bond acceptors (Lipinski definition) is 2. The Kier molecular flexibility index (Phi) is 5.81. The van der Waals surface area contributed by atoms with Gasteiger partial charge in [0.1, 0.15) is 0 Å². The van der Waals surface area contributed by atoms with Crippen LogP contribution in [0.3, 0.4) is 0 Å². The summed E-state index contributed by atoms with van der Waals surface area (Å²) in [6.45, 7) is 7.06. The van der Waals surface area contributed by atoms with Crippen molar-refractivity contribution in [2.45, 2.75) is 71.5 Å². The topological polar surface area (TPSA) is 32.3 Å². The summed E-state index contributed by atoms with van der Waals surface area (Å²) < 4.78 is 0. The summed E-state index contributed by atoms with van der Waals surface area (Å²) >= 11 is 0. The van der Waals surface area contributed by atoms with E-state index in [0.717, 1.165) is 12.8 Å². The molecule has 0 aromatic heterocycles. The maximum absolute atomic E-state index is 11.7. The van der Waals surface area contributed by atoms with Gasteiger partial charge in [-0.25, -0.2) is 0 Å². The van der Waals surface area contributed by atoms with E-state index in [1.807, 2.05) is 4.90 Å². The SMILES string of the molecule is CCCCCCC(C)N1C(=O)CNC1CC. The summed E-state index contributed by atoms with van der Waals surface area (Å²) in [6.07, 6.45) is 7.55. The molecule has 16 heavy (non-hydrogen) atoms. The molecule has 1 rings (SSSR count). The maximum Gasteiger partial charge on any atom is 0.238 e. The van der Waals surface area contributed by atoms with Crippen LogP contribution in [-0.2, 0) is 4.79 Å². The highest BCUT2D eigenvalue weighted by Crippen LogP contribution is 2.17. The molecule has 1 aliphatic rings. The Hall–Kier alpha value is -0.570. The van der Waals surface area contributed by atoms with Crippen LogP contribution in [0, 0.1) is 0 Å². The van der Waals surface area contributed by atoms with Gasteiger partial charge in [-0.1, -0.05) is 39.5 Å². The molecule has 0 aromatic carbocycles. The van der Waals surface area contributed by atoms with Gasteiger partial charge in [-0.05, 0) is 19.8 Å². The number of nitrogens with one attached hydrogen (secondary N) is 1. The molecule has 2 unspecified atom stereocenters. The molecule has 1 saturated heterocycles. The van der Waals surface area contributed by atoms with Crippen LogP contribution in [0.15, 0.2) is 0 Å². The Morgan fingerprint density at radius 1 is 1.38 bits per heavy atom. The first-order chi connectivity index (χ1) is 7.70. The van der Waals surface area contributed by atoms with Crippen molar-refractivity contribution in [3.05, 3.63) is 0 Å². The standard InChI is InChI=1S/C13H26N2O/c1-4-6-7-8-9-11(3)15-12(5-2)14-10-13(15)16/h11-12,14H,4-10H2,1-3H3. The normalized spacial score (nSPS) is 22.8. The highest BCUT2D eigenvalue weighted by Gasteiger charge is 2.32. The Morgan fingerprint density at radius 3 is 2.75 bits per heavy atom. The highest BCUT2D eigenvalue weighted by molar-refractivity contribution is 5.80. The molecule has 1 N–H and O–H groups in total. The van der Waals surface area contributed by atoms with Crippen LogP contribution in [0.1, 0.15) is 59.3 Å². The molecule has 2 atom stereocenters. The zero-order chi connectivity index (χ0) is 12.0. The number of amides is 1. The molecule has 0 spiro atoms. The molecule has 0 bridgehead atoms. The fraction of sp³-hybridized carbons (Fsp3) is 0.923. The summed E-state index contributed by atoms with van der Waals surface area (Å²) in [5.41, 5.74) is 0. The van der Waals surface area contributed by atoms with Crippen LogP contribution in [0.25, 0.3) is 0 Å². The van der Waals surface area contributed by atoms with Gasteiger partial charge >= 0.3 is 0 Å². The molecule has 3 nitrogen and oxygen atoms in total. The molecule has 0 saturated carbocycles. The average molecular weight is 226 g/mol. The fourth-order valence-corrected chi connectivity index (χ4v) is 2.47. The Morgan fingerprint density at radius 2 is 2.12 bits per heavy atom. The molecule has 3 heteroatoms. The van der Waals surface area contributed by atoms with Crippen molar-refractivity contribution in [2.75, 3.05) is 6.54 Å². The van der Waals surface area contributed by atoms with E-state index in [0.29, 0.717) is 12.6 Å². The maximum atomic E-state index is 11.7. The van der Waals surface area contributed by atoms with Crippen LogP contribution in [0.4, 0.5) is 0 Å². The van der Waals surface area contributed by atoms with Gasteiger partial charge in [-0.3, -0.25) is 10.1 Å². The first-order valence-electron chi connectivity index (χ1n) is 6.75. The second-order valence-electron chi connectivity index (χ2n) is 4.80. The van der Waals surface area contributed by atoms with E-state index in [-0.39, 0.29) is 12.1 Å². The van der Waals surface area contributed by atoms with E-state index in [4.69, 9.17) is 0 Å². The second kappa shape index (κ2) is 6.89. The lowest BCUT2D eigenvalue weighted by Gasteiger charge is -2.30. The van der Waals surface area contributed by atoms with E-state index < -0.39 is 0 Å². The van der Waals surface area contributed by atoms with Gasteiger partial charge in [-0.2, -0.15) is 0 Å². The Labute approximate surface area is 99.6 Å². The number of carbonyl (C=O) groups is 1. The van der Waals surface area contributed by atoms with Crippen LogP contribution < -0.4 is 5.32 Å². The van der Waals surface area contributed by atoms with E-state index in [1.54, 1.807) is 0 Å².